The summed E-state index contributed by atoms with van der Waals surface area (Å²) in [5.74, 6) is 0.919. The van der Waals surface area contributed by atoms with Crippen LogP contribution in [-0.4, -0.2) is 15.8 Å². The molecule has 0 fully saturated rings. The van der Waals surface area contributed by atoms with Crippen molar-refractivity contribution in [2.45, 2.75) is 6.92 Å². The Bertz CT molecular complexity index is 365. The Labute approximate surface area is 87.3 Å². The number of hydrogen-bond acceptors (Lipinski definition) is 2. The summed E-state index contributed by atoms with van der Waals surface area (Å²) in [6.07, 6.45) is 0. The van der Waals surface area contributed by atoms with Gasteiger partial charge in [0.15, 0.2) is 4.32 Å². The van der Waals surface area contributed by atoms with Gasteiger partial charge in [0.1, 0.15) is 0 Å². The first-order valence-electron chi connectivity index (χ1n) is 4.07. The summed E-state index contributed by atoms with van der Waals surface area (Å²) in [7, 11) is 0. The number of hydrogen-bond donors (Lipinski definition) is 0. The second-order valence-electron chi connectivity index (χ2n) is 2.98. The van der Waals surface area contributed by atoms with Crippen LogP contribution in [0.1, 0.15) is 11.1 Å². The number of thioether (sulfide) groups is 1. The second kappa shape index (κ2) is 3.60. The average Bonchev–Trinajstić information content (AvgIpc) is 2.53. The van der Waals surface area contributed by atoms with Crippen molar-refractivity contribution in [3.63, 3.8) is 0 Å². The molecule has 0 atom stereocenters. The van der Waals surface area contributed by atoms with Crippen LogP contribution in [0.2, 0.25) is 0 Å². The van der Waals surface area contributed by atoms with Gasteiger partial charge in [0, 0.05) is 5.75 Å². The minimum absolute atomic E-state index is 0.760. The number of aliphatic imine (C=N–C) groups is 1. The first kappa shape index (κ1) is 8.91. The summed E-state index contributed by atoms with van der Waals surface area (Å²) in [5, 5.41) is 0. The molecule has 3 heteroatoms. The fourth-order valence-corrected chi connectivity index (χ4v) is 2.15. The maximum Gasteiger partial charge on any atom is 0.160 e. The Balaban J connectivity index is 2.31. The van der Waals surface area contributed by atoms with Crippen LogP contribution in [0.15, 0.2) is 29.3 Å². The van der Waals surface area contributed by atoms with Crippen LogP contribution in [0.3, 0.4) is 0 Å². The first-order chi connectivity index (χ1) is 6.25. The minimum atomic E-state index is 0.760. The Morgan fingerprint density at radius 3 is 2.54 bits per heavy atom. The molecule has 1 aliphatic rings. The molecule has 0 saturated carbocycles. The molecule has 1 heterocycles. The molecule has 0 spiro atoms. The smallest absolute Gasteiger partial charge is 0.160 e. The van der Waals surface area contributed by atoms with Crippen molar-refractivity contribution in [3.8, 4) is 0 Å². The van der Waals surface area contributed by atoms with E-state index < -0.39 is 0 Å². The normalized spacial score (nSPS) is 16.1. The Morgan fingerprint density at radius 1 is 1.31 bits per heavy atom. The third-order valence-electron chi connectivity index (χ3n) is 1.94. The monoisotopic (exact) mass is 207 g/mol. The third kappa shape index (κ3) is 1.98. The van der Waals surface area contributed by atoms with E-state index in [0.29, 0.717) is 0 Å². The van der Waals surface area contributed by atoms with Gasteiger partial charge in [-0.25, -0.2) is 4.99 Å². The van der Waals surface area contributed by atoms with Crippen LogP contribution in [0.25, 0.3) is 0 Å². The first-order valence-corrected chi connectivity index (χ1v) is 5.46. The molecule has 1 aromatic rings. The van der Waals surface area contributed by atoms with E-state index in [1.165, 1.54) is 11.1 Å². The lowest BCUT2D eigenvalue weighted by atomic mass is 10.1. The van der Waals surface area contributed by atoms with Gasteiger partial charge in [-0.1, -0.05) is 53.8 Å². The SMILES string of the molecule is Cc1ccc(C2=NC(=S)SC2)cc1. The van der Waals surface area contributed by atoms with E-state index in [-0.39, 0.29) is 0 Å². The number of thiocarbonyl (C=S) groups is 1. The van der Waals surface area contributed by atoms with E-state index in [4.69, 9.17) is 12.2 Å². The average molecular weight is 207 g/mol. The molecule has 0 N–H and O–H groups in total. The molecule has 0 amide bonds. The molecule has 0 aromatic heterocycles. The number of nitrogens with zero attached hydrogens (tertiary/aromatic N) is 1. The van der Waals surface area contributed by atoms with Gasteiger partial charge >= 0.3 is 0 Å². The topological polar surface area (TPSA) is 12.4 Å². The molecule has 1 aliphatic heterocycles. The van der Waals surface area contributed by atoms with Crippen LogP contribution in [0.4, 0.5) is 0 Å². The van der Waals surface area contributed by atoms with E-state index in [1.54, 1.807) is 11.8 Å². The lowest BCUT2D eigenvalue weighted by molar-refractivity contribution is 1.46. The summed E-state index contributed by atoms with van der Waals surface area (Å²) >= 11 is 6.63. The highest BCUT2D eigenvalue weighted by molar-refractivity contribution is 8.23. The van der Waals surface area contributed by atoms with E-state index in [0.717, 1.165) is 15.8 Å². The zero-order valence-corrected chi connectivity index (χ0v) is 8.91. The van der Waals surface area contributed by atoms with Crippen molar-refractivity contribution in [2.24, 2.45) is 4.99 Å². The summed E-state index contributed by atoms with van der Waals surface area (Å²) in [4.78, 5) is 4.30. The molecule has 1 aromatic carbocycles. The molecule has 0 aliphatic carbocycles. The van der Waals surface area contributed by atoms with E-state index in [1.807, 2.05) is 0 Å². The summed E-state index contributed by atoms with van der Waals surface area (Å²) in [6.45, 7) is 2.08. The molecule has 0 unspecified atom stereocenters. The van der Waals surface area contributed by atoms with Gasteiger partial charge in [-0.3, -0.25) is 0 Å². The van der Waals surface area contributed by atoms with Gasteiger partial charge in [0.05, 0.1) is 5.71 Å². The number of aryl methyl sites for hydroxylation is 1. The minimum Gasteiger partial charge on any atom is -0.233 e. The fourth-order valence-electron chi connectivity index (χ4n) is 1.20. The van der Waals surface area contributed by atoms with Gasteiger partial charge in [-0.05, 0) is 12.5 Å². The Kier molecular flexibility index (Phi) is 2.47. The summed E-state index contributed by atoms with van der Waals surface area (Å²) in [6, 6.07) is 8.40. The summed E-state index contributed by atoms with van der Waals surface area (Å²) in [5.41, 5.74) is 3.57. The Hall–Kier alpha value is -0.670. The van der Waals surface area contributed by atoms with Crippen LogP contribution in [0, 0.1) is 6.92 Å². The van der Waals surface area contributed by atoms with Gasteiger partial charge in [0.2, 0.25) is 0 Å². The van der Waals surface area contributed by atoms with Crippen LogP contribution < -0.4 is 0 Å². The maximum atomic E-state index is 5.00. The quantitative estimate of drug-likeness (QED) is 0.656. The molecular weight excluding hydrogens is 198 g/mol. The van der Waals surface area contributed by atoms with Crippen LogP contribution in [0.5, 0.6) is 0 Å². The molecular formula is C10H9NS2. The molecule has 0 bridgehead atoms. The van der Waals surface area contributed by atoms with Gasteiger partial charge in [0.25, 0.3) is 0 Å². The van der Waals surface area contributed by atoms with E-state index in [9.17, 15) is 0 Å². The van der Waals surface area contributed by atoms with Crippen LogP contribution in [-0.2, 0) is 0 Å². The van der Waals surface area contributed by atoms with Crippen molar-refractivity contribution in [1.82, 2.24) is 0 Å². The lowest BCUT2D eigenvalue weighted by Gasteiger charge is -1.98. The standard InChI is InChI=1S/C10H9NS2/c1-7-2-4-8(5-3-7)9-6-13-10(12)11-9/h2-5H,6H2,1H3. The molecule has 2 rings (SSSR count). The van der Waals surface area contributed by atoms with Crippen molar-refractivity contribution < 1.29 is 0 Å². The van der Waals surface area contributed by atoms with Crippen LogP contribution >= 0.6 is 24.0 Å². The van der Waals surface area contributed by atoms with Crippen molar-refractivity contribution in [1.29, 1.82) is 0 Å². The predicted molar refractivity (Wildman–Crippen MR) is 62.8 cm³/mol. The number of rotatable bonds is 1. The summed E-state index contributed by atoms with van der Waals surface area (Å²) < 4.78 is 0.760. The Morgan fingerprint density at radius 2 is 2.00 bits per heavy atom. The van der Waals surface area contributed by atoms with E-state index in [2.05, 4.69) is 36.2 Å². The zero-order chi connectivity index (χ0) is 9.26. The molecule has 0 saturated heterocycles. The van der Waals surface area contributed by atoms with Crippen molar-refractivity contribution >= 4 is 34.0 Å². The highest BCUT2D eigenvalue weighted by atomic mass is 32.2. The second-order valence-corrected chi connectivity index (χ2v) is 4.59. The maximum absolute atomic E-state index is 5.00. The lowest BCUT2D eigenvalue weighted by Crippen LogP contribution is -1.99. The van der Waals surface area contributed by atoms with E-state index >= 15 is 0 Å². The number of benzene rings is 1. The molecule has 1 nitrogen and oxygen atoms in total. The van der Waals surface area contributed by atoms with Crippen molar-refractivity contribution in [3.05, 3.63) is 35.4 Å². The predicted octanol–water partition coefficient (Wildman–Crippen LogP) is 2.82. The van der Waals surface area contributed by atoms with Crippen molar-refractivity contribution in [2.75, 3.05) is 5.75 Å². The molecule has 13 heavy (non-hydrogen) atoms. The largest absolute Gasteiger partial charge is 0.233 e. The van der Waals surface area contributed by atoms with Gasteiger partial charge in [-0.15, -0.1) is 0 Å². The molecule has 66 valence electrons. The van der Waals surface area contributed by atoms with Gasteiger partial charge < -0.3 is 0 Å². The highest BCUT2D eigenvalue weighted by Crippen LogP contribution is 2.19. The fraction of sp³-hybridized carbons (Fsp3) is 0.200. The highest BCUT2D eigenvalue weighted by Gasteiger charge is 2.12. The van der Waals surface area contributed by atoms with Gasteiger partial charge in [-0.2, -0.15) is 0 Å². The molecule has 0 radical (unpaired) electrons. The third-order valence-corrected chi connectivity index (χ3v) is 3.14. The zero-order valence-electron chi connectivity index (χ0n) is 7.28.